The fraction of sp³-hybridized carbons (Fsp3) is 0.538. The van der Waals surface area contributed by atoms with Gasteiger partial charge in [-0.3, -0.25) is 4.90 Å². The second-order valence-electron chi connectivity index (χ2n) is 4.23. The first kappa shape index (κ1) is 11.0. The van der Waals surface area contributed by atoms with E-state index in [2.05, 4.69) is 41.8 Å². The van der Waals surface area contributed by atoms with Gasteiger partial charge in [0.25, 0.3) is 0 Å². The standard InChI is InChI=1S/C13H19NS/c15-10-4-3-8-14-9-7-12-5-1-2-6-13(12)11-14/h1-2,5-6,15H,3-4,7-11H2. The Bertz CT molecular complexity index is 311. The van der Waals surface area contributed by atoms with Gasteiger partial charge in [-0.15, -0.1) is 0 Å². The zero-order chi connectivity index (χ0) is 10.5. The smallest absolute Gasteiger partial charge is 0.0236 e. The van der Waals surface area contributed by atoms with Crippen LogP contribution in [-0.2, 0) is 13.0 Å². The van der Waals surface area contributed by atoms with E-state index in [1.165, 1.54) is 37.9 Å². The lowest BCUT2D eigenvalue weighted by Gasteiger charge is -2.28. The third kappa shape index (κ3) is 2.99. The maximum Gasteiger partial charge on any atom is 0.0236 e. The topological polar surface area (TPSA) is 3.24 Å². The average molecular weight is 221 g/mol. The van der Waals surface area contributed by atoms with Crippen molar-refractivity contribution in [3.05, 3.63) is 35.4 Å². The van der Waals surface area contributed by atoms with Gasteiger partial charge in [0, 0.05) is 13.1 Å². The van der Waals surface area contributed by atoms with E-state index < -0.39 is 0 Å². The molecule has 1 aliphatic rings. The Hall–Kier alpha value is -0.470. The molecule has 0 bridgehead atoms. The number of nitrogens with zero attached hydrogens (tertiary/aromatic N) is 1. The van der Waals surface area contributed by atoms with Gasteiger partial charge < -0.3 is 0 Å². The molecule has 2 rings (SSSR count). The van der Waals surface area contributed by atoms with Crippen LogP contribution in [0.1, 0.15) is 24.0 Å². The van der Waals surface area contributed by atoms with Crippen molar-refractivity contribution < 1.29 is 0 Å². The van der Waals surface area contributed by atoms with Gasteiger partial charge in [-0.25, -0.2) is 0 Å². The van der Waals surface area contributed by atoms with E-state index in [0.717, 1.165) is 12.3 Å². The first-order valence-corrected chi connectivity index (χ1v) is 6.43. The fourth-order valence-corrected chi connectivity index (χ4v) is 2.42. The Labute approximate surface area is 97.9 Å². The number of benzene rings is 1. The molecule has 0 aromatic heterocycles. The van der Waals surface area contributed by atoms with Crippen LogP contribution < -0.4 is 0 Å². The van der Waals surface area contributed by atoms with Gasteiger partial charge in [-0.05, 0) is 42.7 Å². The van der Waals surface area contributed by atoms with Crippen molar-refractivity contribution in [1.29, 1.82) is 0 Å². The van der Waals surface area contributed by atoms with Gasteiger partial charge in [-0.2, -0.15) is 12.6 Å². The molecule has 0 N–H and O–H groups in total. The van der Waals surface area contributed by atoms with Gasteiger partial charge in [-0.1, -0.05) is 24.3 Å². The van der Waals surface area contributed by atoms with Crippen molar-refractivity contribution >= 4 is 12.6 Å². The molecule has 0 aliphatic carbocycles. The van der Waals surface area contributed by atoms with Gasteiger partial charge in [0.2, 0.25) is 0 Å². The number of hydrogen-bond acceptors (Lipinski definition) is 2. The van der Waals surface area contributed by atoms with Gasteiger partial charge in [0.15, 0.2) is 0 Å². The van der Waals surface area contributed by atoms with Gasteiger partial charge >= 0.3 is 0 Å². The number of rotatable bonds is 4. The summed E-state index contributed by atoms with van der Waals surface area (Å²) in [5.41, 5.74) is 3.07. The summed E-state index contributed by atoms with van der Waals surface area (Å²) in [4.78, 5) is 2.56. The number of thiol groups is 1. The van der Waals surface area contributed by atoms with E-state index in [1.54, 1.807) is 5.56 Å². The molecule has 0 atom stereocenters. The minimum atomic E-state index is 1.02. The molecule has 2 heteroatoms. The molecule has 1 aromatic carbocycles. The minimum absolute atomic E-state index is 1.02. The second-order valence-corrected chi connectivity index (χ2v) is 4.67. The summed E-state index contributed by atoms with van der Waals surface area (Å²) >= 11 is 4.24. The predicted molar refractivity (Wildman–Crippen MR) is 68.5 cm³/mol. The highest BCUT2D eigenvalue weighted by atomic mass is 32.1. The molecule has 0 saturated carbocycles. The highest BCUT2D eigenvalue weighted by molar-refractivity contribution is 7.80. The Morgan fingerprint density at radius 2 is 1.93 bits per heavy atom. The lowest BCUT2D eigenvalue weighted by molar-refractivity contribution is 0.250. The van der Waals surface area contributed by atoms with Crippen LogP contribution in [-0.4, -0.2) is 23.7 Å². The SMILES string of the molecule is SCCCCN1CCc2ccccc2C1. The molecule has 0 radical (unpaired) electrons. The molecular formula is C13H19NS. The van der Waals surface area contributed by atoms with E-state index in [-0.39, 0.29) is 0 Å². The normalized spacial score (nSPS) is 16.3. The monoisotopic (exact) mass is 221 g/mol. The van der Waals surface area contributed by atoms with Crippen LogP contribution in [0.5, 0.6) is 0 Å². The molecule has 0 saturated heterocycles. The number of hydrogen-bond donors (Lipinski definition) is 1. The van der Waals surface area contributed by atoms with E-state index >= 15 is 0 Å². The largest absolute Gasteiger partial charge is 0.299 e. The Morgan fingerprint density at radius 3 is 2.73 bits per heavy atom. The molecule has 15 heavy (non-hydrogen) atoms. The molecule has 0 unspecified atom stereocenters. The highest BCUT2D eigenvalue weighted by Crippen LogP contribution is 2.18. The molecule has 82 valence electrons. The van der Waals surface area contributed by atoms with Crippen molar-refractivity contribution in [2.24, 2.45) is 0 Å². The lowest BCUT2D eigenvalue weighted by Crippen LogP contribution is -2.31. The van der Waals surface area contributed by atoms with Crippen LogP contribution in [0.2, 0.25) is 0 Å². The Balaban J connectivity index is 1.88. The summed E-state index contributed by atoms with van der Waals surface area (Å²) in [6, 6.07) is 8.83. The first-order valence-electron chi connectivity index (χ1n) is 5.80. The zero-order valence-electron chi connectivity index (χ0n) is 9.15. The zero-order valence-corrected chi connectivity index (χ0v) is 10.0. The summed E-state index contributed by atoms with van der Waals surface area (Å²) in [6.45, 7) is 3.60. The van der Waals surface area contributed by atoms with E-state index in [0.29, 0.717) is 0 Å². The van der Waals surface area contributed by atoms with E-state index in [4.69, 9.17) is 0 Å². The van der Waals surface area contributed by atoms with Crippen LogP contribution >= 0.6 is 12.6 Å². The maximum absolute atomic E-state index is 4.24. The molecule has 1 nitrogen and oxygen atoms in total. The molecule has 0 fully saturated rings. The number of unbranched alkanes of at least 4 members (excludes halogenated alkanes) is 1. The quantitative estimate of drug-likeness (QED) is 0.604. The average Bonchev–Trinajstić information content (AvgIpc) is 2.29. The van der Waals surface area contributed by atoms with Crippen LogP contribution in [0.15, 0.2) is 24.3 Å². The molecule has 1 aromatic rings. The summed E-state index contributed by atoms with van der Waals surface area (Å²) in [5, 5.41) is 0. The lowest BCUT2D eigenvalue weighted by atomic mass is 10.00. The van der Waals surface area contributed by atoms with Crippen molar-refractivity contribution in [3.8, 4) is 0 Å². The van der Waals surface area contributed by atoms with Crippen molar-refractivity contribution in [3.63, 3.8) is 0 Å². The van der Waals surface area contributed by atoms with Crippen molar-refractivity contribution in [1.82, 2.24) is 4.90 Å². The Morgan fingerprint density at radius 1 is 1.13 bits per heavy atom. The summed E-state index contributed by atoms with van der Waals surface area (Å²) in [7, 11) is 0. The molecule has 1 aliphatic heterocycles. The number of fused-ring (bicyclic) bond motifs is 1. The first-order chi connectivity index (χ1) is 7.40. The summed E-state index contributed by atoms with van der Waals surface area (Å²) in [5.74, 6) is 1.02. The molecule has 0 spiro atoms. The van der Waals surface area contributed by atoms with Crippen LogP contribution in [0.4, 0.5) is 0 Å². The molecular weight excluding hydrogens is 202 g/mol. The van der Waals surface area contributed by atoms with Gasteiger partial charge in [0.1, 0.15) is 0 Å². The van der Waals surface area contributed by atoms with Crippen molar-refractivity contribution in [2.75, 3.05) is 18.8 Å². The van der Waals surface area contributed by atoms with E-state index in [1.807, 2.05) is 0 Å². The second kappa shape index (κ2) is 5.57. The summed E-state index contributed by atoms with van der Waals surface area (Å²) < 4.78 is 0. The van der Waals surface area contributed by atoms with Crippen LogP contribution in [0.25, 0.3) is 0 Å². The fourth-order valence-electron chi connectivity index (χ4n) is 2.19. The summed E-state index contributed by atoms with van der Waals surface area (Å²) in [6.07, 6.45) is 3.74. The molecule has 0 amide bonds. The van der Waals surface area contributed by atoms with Crippen LogP contribution in [0.3, 0.4) is 0 Å². The minimum Gasteiger partial charge on any atom is -0.299 e. The molecule has 1 heterocycles. The third-order valence-electron chi connectivity index (χ3n) is 3.09. The third-order valence-corrected chi connectivity index (χ3v) is 3.41. The van der Waals surface area contributed by atoms with Crippen molar-refractivity contribution in [2.45, 2.75) is 25.8 Å². The Kier molecular flexibility index (Phi) is 4.09. The maximum atomic E-state index is 4.24. The highest BCUT2D eigenvalue weighted by Gasteiger charge is 2.14. The van der Waals surface area contributed by atoms with Crippen LogP contribution in [0, 0.1) is 0 Å². The van der Waals surface area contributed by atoms with E-state index in [9.17, 15) is 0 Å². The van der Waals surface area contributed by atoms with Gasteiger partial charge in [0.05, 0.1) is 0 Å². The predicted octanol–water partition coefficient (Wildman–Crippen LogP) is 2.75.